The second-order valence-corrected chi connectivity index (χ2v) is 3.72. The summed E-state index contributed by atoms with van der Waals surface area (Å²) < 4.78 is 7.12. The van der Waals surface area contributed by atoms with Gasteiger partial charge in [0, 0.05) is 38.0 Å². The molecule has 1 rings (SSSR count). The third-order valence-electron chi connectivity index (χ3n) is 2.42. The molecular weight excluding hydrogens is 190 g/mol. The number of hydrogen-bond donors (Lipinski definition) is 1. The van der Waals surface area contributed by atoms with Gasteiger partial charge in [-0.05, 0) is 20.8 Å². The molecule has 15 heavy (non-hydrogen) atoms. The van der Waals surface area contributed by atoms with Crippen LogP contribution in [0.5, 0.6) is 0 Å². The molecule has 1 unspecified atom stereocenters. The molecule has 0 bridgehead atoms. The van der Waals surface area contributed by atoms with Crippen LogP contribution in [0, 0.1) is 6.92 Å². The molecule has 0 amide bonds. The van der Waals surface area contributed by atoms with Crippen LogP contribution in [0.25, 0.3) is 0 Å². The molecule has 0 aliphatic heterocycles. The molecule has 0 spiro atoms. The van der Waals surface area contributed by atoms with Crippen molar-refractivity contribution in [2.24, 2.45) is 7.05 Å². The number of nitrogens with zero attached hydrogens (tertiary/aromatic N) is 2. The van der Waals surface area contributed by atoms with Gasteiger partial charge >= 0.3 is 0 Å². The first-order valence-corrected chi connectivity index (χ1v) is 5.46. The summed E-state index contributed by atoms with van der Waals surface area (Å²) in [4.78, 5) is 0. The number of nitrogens with one attached hydrogen (secondary N) is 1. The van der Waals surface area contributed by atoms with E-state index in [1.807, 2.05) is 25.6 Å². The Morgan fingerprint density at radius 3 is 2.87 bits per heavy atom. The van der Waals surface area contributed by atoms with E-state index in [0.717, 1.165) is 25.5 Å². The first kappa shape index (κ1) is 12.2. The van der Waals surface area contributed by atoms with Crippen LogP contribution < -0.4 is 5.32 Å². The zero-order valence-corrected chi connectivity index (χ0v) is 10.1. The predicted octanol–water partition coefficient (Wildman–Crippen LogP) is 1.42. The van der Waals surface area contributed by atoms with Crippen LogP contribution in [0.2, 0.25) is 0 Å². The molecule has 1 heterocycles. The maximum atomic E-state index is 5.27. The minimum atomic E-state index is 0.333. The highest BCUT2D eigenvalue weighted by Gasteiger charge is 2.10. The normalized spacial score (nSPS) is 13.1. The van der Waals surface area contributed by atoms with Gasteiger partial charge in [-0.25, -0.2) is 0 Å². The Kier molecular flexibility index (Phi) is 4.78. The minimum Gasteiger partial charge on any atom is -0.380 e. The fraction of sp³-hybridized carbons (Fsp3) is 0.727. The van der Waals surface area contributed by atoms with Crippen LogP contribution in [-0.2, 0) is 11.8 Å². The Morgan fingerprint density at radius 2 is 2.33 bits per heavy atom. The van der Waals surface area contributed by atoms with Gasteiger partial charge in [0.05, 0.1) is 12.3 Å². The van der Waals surface area contributed by atoms with Crippen LogP contribution in [0.4, 0.5) is 0 Å². The second kappa shape index (κ2) is 5.88. The Morgan fingerprint density at radius 1 is 1.60 bits per heavy atom. The number of ether oxygens (including phenoxy) is 1. The van der Waals surface area contributed by atoms with E-state index >= 15 is 0 Å². The fourth-order valence-electron chi connectivity index (χ4n) is 1.64. The molecule has 1 aromatic rings. The zero-order chi connectivity index (χ0) is 11.3. The van der Waals surface area contributed by atoms with Crippen molar-refractivity contribution in [3.63, 3.8) is 0 Å². The molecule has 1 N–H and O–H groups in total. The predicted molar refractivity (Wildman–Crippen MR) is 60.9 cm³/mol. The average molecular weight is 211 g/mol. The largest absolute Gasteiger partial charge is 0.380 e. The lowest BCUT2D eigenvalue weighted by atomic mass is 10.1. The summed E-state index contributed by atoms with van der Waals surface area (Å²) in [7, 11) is 1.95. The molecule has 0 saturated carbocycles. The van der Waals surface area contributed by atoms with Crippen LogP contribution in [0.1, 0.15) is 31.1 Å². The van der Waals surface area contributed by atoms with Gasteiger partial charge in [0.2, 0.25) is 0 Å². The lowest BCUT2D eigenvalue weighted by molar-refractivity contribution is 0.147. The number of rotatable bonds is 6. The third-order valence-corrected chi connectivity index (χ3v) is 2.42. The van der Waals surface area contributed by atoms with Crippen LogP contribution in [-0.4, -0.2) is 29.5 Å². The highest BCUT2D eigenvalue weighted by molar-refractivity contribution is 5.19. The minimum absolute atomic E-state index is 0.333. The van der Waals surface area contributed by atoms with Crippen molar-refractivity contribution in [3.8, 4) is 0 Å². The summed E-state index contributed by atoms with van der Waals surface area (Å²) in [6.45, 7) is 8.62. The molecule has 1 aromatic heterocycles. The average Bonchev–Trinajstić information content (AvgIpc) is 2.52. The summed E-state index contributed by atoms with van der Waals surface area (Å²) in [5, 5.41) is 7.73. The first-order chi connectivity index (χ1) is 7.15. The van der Waals surface area contributed by atoms with Crippen molar-refractivity contribution in [1.29, 1.82) is 0 Å². The summed E-state index contributed by atoms with van der Waals surface area (Å²) in [5.74, 6) is 0. The summed E-state index contributed by atoms with van der Waals surface area (Å²) in [6.07, 6.45) is 2.06. The summed E-state index contributed by atoms with van der Waals surface area (Å²) >= 11 is 0. The van der Waals surface area contributed by atoms with Gasteiger partial charge in [0.1, 0.15) is 0 Å². The standard InChI is InChI=1S/C11H21N3O/c1-5-15-7-6-12-9(2)11-8-14(4)13-10(11)3/h8-9,12H,5-7H2,1-4H3. The Hall–Kier alpha value is -0.870. The monoisotopic (exact) mass is 211 g/mol. The van der Waals surface area contributed by atoms with Gasteiger partial charge in [-0.3, -0.25) is 4.68 Å². The maximum Gasteiger partial charge on any atom is 0.0641 e. The third kappa shape index (κ3) is 3.64. The molecule has 0 radical (unpaired) electrons. The fourth-order valence-corrected chi connectivity index (χ4v) is 1.64. The SMILES string of the molecule is CCOCCNC(C)c1cn(C)nc1C. The summed E-state index contributed by atoms with van der Waals surface area (Å²) in [6, 6.07) is 0.333. The van der Waals surface area contributed by atoms with E-state index < -0.39 is 0 Å². The molecule has 0 saturated heterocycles. The van der Waals surface area contributed by atoms with Crippen LogP contribution in [0.15, 0.2) is 6.20 Å². The van der Waals surface area contributed by atoms with Crippen molar-refractivity contribution >= 4 is 0 Å². The van der Waals surface area contributed by atoms with E-state index in [0.29, 0.717) is 6.04 Å². The molecule has 0 fully saturated rings. The smallest absolute Gasteiger partial charge is 0.0641 e. The molecule has 4 heteroatoms. The van der Waals surface area contributed by atoms with Crippen LogP contribution >= 0.6 is 0 Å². The van der Waals surface area contributed by atoms with E-state index in [1.54, 1.807) is 0 Å². The number of hydrogen-bond acceptors (Lipinski definition) is 3. The first-order valence-electron chi connectivity index (χ1n) is 5.46. The summed E-state index contributed by atoms with van der Waals surface area (Å²) in [5.41, 5.74) is 2.35. The van der Waals surface area contributed by atoms with Gasteiger partial charge in [0.25, 0.3) is 0 Å². The molecule has 86 valence electrons. The van der Waals surface area contributed by atoms with E-state index in [-0.39, 0.29) is 0 Å². The molecule has 1 atom stereocenters. The number of aryl methyl sites for hydroxylation is 2. The maximum absolute atomic E-state index is 5.27. The van der Waals surface area contributed by atoms with Gasteiger partial charge in [-0.15, -0.1) is 0 Å². The zero-order valence-electron chi connectivity index (χ0n) is 10.1. The Balaban J connectivity index is 2.39. The van der Waals surface area contributed by atoms with Crippen molar-refractivity contribution in [2.75, 3.05) is 19.8 Å². The van der Waals surface area contributed by atoms with Gasteiger partial charge in [-0.1, -0.05) is 0 Å². The van der Waals surface area contributed by atoms with Gasteiger partial charge in [0.15, 0.2) is 0 Å². The van der Waals surface area contributed by atoms with Crippen molar-refractivity contribution in [3.05, 3.63) is 17.5 Å². The number of aromatic nitrogens is 2. The van der Waals surface area contributed by atoms with E-state index in [4.69, 9.17) is 4.74 Å². The van der Waals surface area contributed by atoms with E-state index in [2.05, 4.69) is 23.5 Å². The Labute approximate surface area is 91.6 Å². The second-order valence-electron chi connectivity index (χ2n) is 3.72. The van der Waals surface area contributed by atoms with E-state index in [1.165, 1.54) is 5.56 Å². The molecule has 0 aliphatic carbocycles. The highest BCUT2D eigenvalue weighted by atomic mass is 16.5. The lowest BCUT2D eigenvalue weighted by Gasteiger charge is -2.12. The molecule has 4 nitrogen and oxygen atoms in total. The quantitative estimate of drug-likeness (QED) is 0.723. The van der Waals surface area contributed by atoms with Gasteiger partial charge < -0.3 is 10.1 Å². The van der Waals surface area contributed by atoms with Crippen molar-refractivity contribution < 1.29 is 4.74 Å². The molecular formula is C11H21N3O. The van der Waals surface area contributed by atoms with Crippen molar-refractivity contribution in [1.82, 2.24) is 15.1 Å². The van der Waals surface area contributed by atoms with Crippen LogP contribution in [0.3, 0.4) is 0 Å². The van der Waals surface area contributed by atoms with Crippen molar-refractivity contribution in [2.45, 2.75) is 26.8 Å². The van der Waals surface area contributed by atoms with Gasteiger partial charge in [-0.2, -0.15) is 5.10 Å². The highest BCUT2D eigenvalue weighted by Crippen LogP contribution is 2.14. The van der Waals surface area contributed by atoms with E-state index in [9.17, 15) is 0 Å². The topological polar surface area (TPSA) is 39.1 Å². The Bertz CT molecular complexity index is 296. The molecule has 0 aliphatic rings. The lowest BCUT2D eigenvalue weighted by Crippen LogP contribution is -2.23. The molecule has 0 aromatic carbocycles.